The third kappa shape index (κ3) is 2.85. The summed E-state index contributed by atoms with van der Waals surface area (Å²) in [5.41, 5.74) is 0. The van der Waals surface area contributed by atoms with Gasteiger partial charge in [0.25, 0.3) is 0 Å². The maximum Gasteiger partial charge on any atom is 0.134 e. The number of rotatable bonds is 5. The van der Waals surface area contributed by atoms with Gasteiger partial charge in [-0.1, -0.05) is 0 Å². The van der Waals surface area contributed by atoms with Crippen molar-refractivity contribution < 1.29 is 4.79 Å². The zero-order valence-electron chi connectivity index (χ0n) is 10.2. The summed E-state index contributed by atoms with van der Waals surface area (Å²) in [4.78, 5) is 14.2. The van der Waals surface area contributed by atoms with Gasteiger partial charge in [0.15, 0.2) is 0 Å². The minimum atomic E-state index is 0.507. The van der Waals surface area contributed by atoms with Gasteiger partial charge in [0.1, 0.15) is 5.78 Å². The fourth-order valence-electron chi connectivity index (χ4n) is 2.95. The average molecular weight is 221 g/mol. The highest BCUT2D eigenvalue weighted by atomic mass is 16.1. The summed E-state index contributed by atoms with van der Waals surface area (Å²) < 4.78 is 0. The second kappa shape index (κ2) is 4.48. The van der Waals surface area contributed by atoms with Crippen molar-refractivity contribution in [2.45, 2.75) is 57.4 Å². The van der Waals surface area contributed by atoms with Gasteiger partial charge < -0.3 is 0 Å². The van der Waals surface area contributed by atoms with Crippen LogP contribution in [0.4, 0.5) is 0 Å². The lowest BCUT2D eigenvalue weighted by atomic mass is 9.92. The summed E-state index contributed by atoms with van der Waals surface area (Å²) >= 11 is 0. The first-order valence-electron chi connectivity index (χ1n) is 7.07. The molecule has 0 spiro atoms. The second-order valence-corrected chi connectivity index (χ2v) is 6.13. The van der Waals surface area contributed by atoms with Crippen molar-refractivity contribution >= 4 is 5.78 Å². The summed E-state index contributed by atoms with van der Waals surface area (Å²) in [5.74, 6) is 2.44. The van der Waals surface area contributed by atoms with E-state index in [4.69, 9.17) is 0 Å². The maximum absolute atomic E-state index is 11.6. The molecule has 0 bridgehead atoms. The SMILES string of the molecule is O=C1CCCC(N(CC2CC2)CC2CC2)C1. The average Bonchev–Trinajstić information content (AvgIpc) is 3.11. The third-order valence-electron chi connectivity index (χ3n) is 4.35. The Balaban J connectivity index is 1.57. The van der Waals surface area contributed by atoms with Crippen LogP contribution in [-0.4, -0.2) is 29.8 Å². The Hall–Kier alpha value is -0.370. The van der Waals surface area contributed by atoms with E-state index in [1.807, 2.05) is 0 Å². The highest BCUT2D eigenvalue weighted by molar-refractivity contribution is 5.79. The zero-order valence-corrected chi connectivity index (χ0v) is 10.2. The van der Waals surface area contributed by atoms with Crippen molar-refractivity contribution in [2.24, 2.45) is 11.8 Å². The maximum atomic E-state index is 11.6. The van der Waals surface area contributed by atoms with E-state index < -0.39 is 0 Å². The highest BCUT2D eigenvalue weighted by Gasteiger charge is 2.34. The molecule has 16 heavy (non-hydrogen) atoms. The Labute approximate surface area is 98.4 Å². The third-order valence-corrected chi connectivity index (χ3v) is 4.35. The minimum absolute atomic E-state index is 0.507. The first kappa shape index (κ1) is 10.8. The quantitative estimate of drug-likeness (QED) is 0.711. The molecular formula is C14H23NO. The molecule has 0 aromatic heterocycles. The van der Waals surface area contributed by atoms with Crippen molar-refractivity contribution in [3.8, 4) is 0 Å². The summed E-state index contributed by atoms with van der Waals surface area (Å²) in [6.45, 7) is 2.57. The minimum Gasteiger partial charge on any atom is -0.300 e. The van der Waals surface area contributed by atoms with E-state index in [1.54, 1.807) is 0 Å². The van der Waals surface area contributed by atoms with E-state index in [0.717, 1.165) is 31.1 Å². The molecule has 0 saturated heterocycles. The summed E-state index contributed by atoms with van der Waals surface area (Å²) in [7, 11) is 0. The normalized spacial score (nSPS) is 31.1. The molecular weight excluding hydrogens is 198 g/mol. The van der Waals surface area contributed by atoms with Gasteiger partial charge in [0.05, 0.1) is 0 Å². The van der Waals surface area contributed by atoms with E-state index >= 15 is 0 Å². The van der Waals surface area contributed by atoms with Crippen LogP contribution in [-0.2, 0) is 4.79 Å². The van der Waals surface area contributed by atoms with Gasteiger partial charge in [-0.05, 0) is 50.4 Å². The number of hydrogen-bond acceptors (Lipinski definition) is 2. The standard InChI is InChI=1S/C14H23NO/c16-14-3-1-2-13(8-14)15(9-11-4-5-11)10-12-6-7-12/h11-13H,1-10H2. The number of nitrogens with zero attached hydrogens (tertiary/aromatic N) is 1. The molecule has 0 radical (unpaired) electrons. The molecule has 2 heteroatoms. The van der Waals surface area contributed by atoms with Crippen molar-refractivity contribution in [2.75, 3.05) is 13.1 Å². The Morgan fingerprint density at radius 3 is 2.12 bits per heavy atom. The van der Waals surface area contributed by atoms with Crippen LogP contribution in [0.3, 0.4) is 0 Å². The zero-order chi connectivity index (χ0) is 11.0. The Bertz CT molecular complexity index is 254. The van der Waals surface area contributed by atoms with Crippen LogP contribution in [0.1, 0.15) is 51.4 Å². The molecule has 0 N–H and O–H groups in total. The summed E-state index contributed by atoms with van der Waals surface area (Å²) in [6, 6.07) is 0.599. The van der Waals surface area contributed by atoms with E-state index in [9.17, 15) is 4.79 Å². The second-order valence-electron chi connectivity index (χ2n) is 6.13. The molecule has 3 rings (SSSR count). The predicted molar refractivity (Wildman–Crippen MR) is 64.3 cm³/mol. The number of carbonyl (C=O) groups is 1. The topological polar surface area (TPSA) is 20.3 Å². The molecule has 3 aliphatic carbocycles. The smallest absolute Gasteiger partial charge is 0.134 e. The first-order chi connectivity index (χ1) is 7.81. The van der Waals surface area contributed by atoms with Crippen molar-refractivity contribution in [3.63, 3.8) is 0 Å². The number of ketones is 1. The molecule has 3 fully saturated rings. The van der Waals surface area contributed by atoms with E-state index in [1.165, 1.54) is 45.2 Å². The molecule has 0 aliphatic heterocycles. The van der Waals surface area contributed by atoms with Crippen LogP contribution in [0.25, 0.3) is 0 Å². The Kier molecular flexibility index (Phi) is 3.01. The van der Waals surface area contributed by atoms with E-state index in [0.29, 0.717) is 11.8 Å². The molecule has 2 nitrogen and oxygen atoms in total. The van der Waals surface area contributed by atoms with Crippen LogP contribution in [0.15, 0.2) is 0 Å². The first-order valence-corrected chi connectivity index (χ1v) is 7.07. The fourth-order valence-corrected chi connectivity index (χ4v) is 2.95. The summed E-state index contributed by atoms with van der Waals surface area (Å²) in [6.07, 6.45) is 9.82. The molecule has 0 amide bonds. The number of Topliss-reactive ketones (excluding diaryl/α,β-unsaturated/α-hetero) is 1. The number of carbonyl (C=O) groups excluding carboxylic acids is 1. The van der Waals surface area contributed by atoms with Gasteiger partial charge >= 0.3 is 0 Å². The summed E-state index contributed by atoms with van der Waals surface area (Å²) in [5, 5.41) is 0. The van der Waals surface area contributed by atoms with Crippen molar-refractivity contribution in [3.05, 3.63) is 0 Å². The van der Waals surface area contributed by atoms with Gasteiger partial charge in [-0.2, -0.15) is 0 Å². The molecule has 90 valence electrons. The lowest BCUT2D eigenvalue weighted by Crippen LogP contribution is -2.41. The van der Waals surface area contributed by atoms with Crippen LogP contribution in [0.2, 0.25) is 0 Å². The van der Waals surface area contributed by atoms with Gasteiger partial charge in [0, 0.05) is 32.0 Å². The van der Waals surface area contributed by atoms with Crippen LogP contribution < -0.4 is 0 Å². The van der Waals surface area contributed by atoms with Crippen LogP contribution >= 0.6 is 0 Å². The largest absolute Gasteiger partial charge is 0.300 e. The fraction of sp³-hybridized carbons (Fsp3) is 0.929. The molecule has 0 heterocycles. The molecule has 3 aliphatic rings. The van der Waals surface area contributed by atoms with Crippen LogP contribution in [0.5, 0.6) is 0 Å². The molecule has 1 unspecified atom stereocenters. The molecule has 1 atom stereocenters. The Morgan fingerprint density at radius 2 is 1.62 bits per heavy atom. The monoisotopic (exact) mass is 221 g/mol. The van der Waals surface area contributed by atoms with Crippen molar-refractivity contribution in [1.29, 1.82) is 0 Å². The van der Waals surface area contributed by atoms with E-state index in [2.05, 4.69) is 4.90 Å². The van der Waals surface area contributed by atoms with Gasteiger partial charge in [0.2, 0.25) is 0 Å². The predicted octanol–water partition coefficient (Wildman–Crippen LogP) is 2.62. The highest BCUT2D eigenvalue weighted by Crippen LogP contribution is 2.36. The lowest BCUT2D eigenvalue weighted by Gasteiger charge is -2.34. The van der Waals surface area contributed by atoms with Gasteiger partial charge in [-0.3, -0.25) is 9.69 Å². The number of hydrogen-bond donors (Lipinski definition) is 0. The van der Waals surface area contributed by atoms with E-state index in [-0.39, 0.29) is 0 Å². The van der Waals surface area contributed by atoms with Crippen molar-refractivity contribution in [1.82, 2.24) is 4.90 Å². The molecule has 3 saturated carbocycles. The lowest BCUT2D eigenvalue weighted by molar-refractivity contribution is -0.122. The van der Waals surface area contributed by atoms with Gasteiger partial charge in [-0.15, -0.1) is 0 Å². The molecule has 0 aromatic rings. The Morgan fingerprint density at radius 1 is 1.00 bits per heavy atom. The van der Waals surface area contributed by atoms with Crippen LogP contribution in [0, 0.1) is 11.8 Å². The molecule has 0 aromatic carbocycles. The van der Waals surface area contributed by atoms with Gasteiger partial charge in [-0.25, -0.2) is 0 Å².